The van der Waals surface area contributed by atoms with Crippen molar-refractivity contribution < 1.29 is 39.2 Å². The van der Waals surface area contributed by atoms with Crippen LogP contribution in [0, 0.1) is 32.1 Å². The molecule has 2 fully saturated rings. The molecule has 6 rings (SSSR count). The topological polar surface area (TPSA) is 202 Å². The van der Waals surface area contributed by atoms with Gasteiger partial charge < -0.3 is 20.0 Å². The molecule has 328 valence electrons. The highest BCUT2D eigenvalue weighted by atomic mass is 32.2. The number of aliphatic carboxylic acids is 2. The summed E-state index contributed by atoms with van der Waals surface area (Å²) in [6.07, 6.45) is 7.02. The van der Waals surface area contributed by atoms with E-state index in [0.717, 1.165) is 22.9 Å². The smallest absolute Gasteiger partial charge is 0.306 e. The first-order valence-corrected chi connectivity index (χ1v) is 21.8. The van der Waals surface area contributed by atoms with Crippen molar-refractivity contribution in [3.8, 4) is 22.3 Å². The first-order chi connectivity index (χ1) is 30.1. The number of nitro groups is 2. The second-order valence-corrected chi connectivity index (χ2v) is 17.5. The van der Waals surface area contributed by atoms with E-state index in [-0.39, 0.29) is 82.1 Å². The lowest BCUT2D eigenvalue weighted by molar-refractivity contribution is -0.387. The predicted molar refractivity (Wildman–Crippen MR) is 241 cm³/mol. The minimum atomic E-state index is -0.898. The fraction of sp³-hybridized carbons (Fsp3) is 0.333. The van der Waals surface area contributed by atoms with Crippen molar-refractivity contribution in [2.45, 2.75) is 75.0 Å². The molecule has 14 nitrogen and oxygen atoms in total. The number of rotatable bonds is 14. The molecule has 15 heteroatoms. The van der Waals surface area contributed by atoms with Gasteiger partial charge in [-0.25, -0.2) is 0 Å². The minimum Gasteiger partial charge on any atom is -0.481 e. The third-order valence-electron chi connectivity index (χ3n) is 11.8. The van der Waals surface area contributed by atoms with E-state index < -0.39 is 33.6 Å². The number of carboxylic acids is 2. The van der Waals surface area contributed by atoms with Crippen LogP contribution < -0.4 is 0 Å². The van der Waals surface area contributed by atoms with E-state index in [2.05, 4.69) is 0 Å². The molecular formula is C48H50N4O10S. The predicted octanol–water partition coefficient (Wildman–Crippen LogP) is 9.91. The molecule has 0 spiro atoms. The van der Waals surface area contributed by atoms with Crippen LogP contribution in [0.1, 0.15) is 87.5 Å². The number of likely N-dealkylation sites (tertiary alicyclic amines) is 2. The molecule has 63 heavy (non-hydrogen) atoms. The summed E-state index contributed by atoms with van der Waals surface area (Å²) in [5.74, 6) is -3.67. The summed E-state index contributed by atoms with van der Waals surface area (Å²) in [6, 6.07) is 20.9. The van der Waals surface area contributed by atoms with Gasteiger partial charge in [-0.3, -0.25) is 39.4 Å². The van der Waals surface area contributed by atoms with Crippen LogP contribution in [0.2, 0.25) is 0 Å². The van der Waals surface area contributed by atoms with Gasteiger partial charge in [-0.1, -0.05) is 100 Å². The van der Waals surface area contributed by atoms with Gasteiger partial charge in [0.15, 0.2) is 0 Å². The zero-order chi connectivity index (χ0) is 45.5. The van der Waals surface area contributed by atoms with Crippen molar-refractivity contribution >= 4 is 59.0 Å². The molecule has 0 unspecified atom stereocenters. The van der Waals surface area contributed by atoms with Crippen molar-refractivity contribution in [2.24, 2.45) is 11.8 Å². The standard InChI is InChI=1S/C48H50N4O10S/c1-29(2)35-9-5-7-11-37(35)43-31(15-19-41(53)49-25-21-33(22-26-49)47(55)56)13-17-39(45(43)51(59)60)63-40-18-14-32(16-20-42(54)50-27-23-34(24-28-50)48(57)58)44(46(40)52(61)62)38-12-8-6-10-36(38)30(3)4/h5-20,29-30,33-34H,21-28H2,1-4H3,(H,55,56)(H,57,58)/b19-15+,20-16+. The Morgan fingerprint density at radius 1 is 0.603 bits per heavy atom. The van der Waals surface area contributed by atoms with E-state index >= 15 is 0 Å². The van der Waals surface area contributed by atoms with Crippen molar-refractivity contribution in [1.82, 2.24) is 9.80 Å². The van der Waals surface area contributed by atoms with Crippen LogP contribution in [0.4, 0.5) is 11.4 Å². The molecule has 2 aliphatic rings. The zero-order valence-corrected chi connectivity index (χ0v) is 36.4. The number of hydrogen-bond donors (Lipinski definition) is 2. The number of nitro benzene ring substituents is 2. The second kappa shape index (κ2) is 20.1. The Morgan fingerprint density at radius 3 is 1.27 bits per heavy atom. The Balaban J connectivity index is 1.48. The molecule has 4 aromatic carbocycles. The summed E-state index contributed by atoms with van der Waals surface area (Å²) < 4.78 is 0. The average Bonchev–Trinajstić information content (AvgIpc) is 3.27. The van der Waals surface area contributed by atoms with Crippen molar-refractivity contribution in [3.05, 3.63) is 127 Å². The summed E-state index contributed by atoms with van der Waals surface area (Å²) in [4.78, 5) is 78.8. The zero-order valence-electron chi connectivity index (χ0n) is 35.6. The van der Waals surface area contributed by atoms with E-state index in [9.17, 15) is 49.6 Å². The Bertz CT molecular complexity index is 2330. The molecule has 2 N–H and O–H groups in total. The van der Waals surface area contributed by atoms with Crippen LogP contribution in [0.3, 0.4) is 0 Å². The third-order valence-corrected chi connectivity index (χ3v) is 12.9. The monoisotopic (exact) mass is 874 g/mol. The van der Waals surface area contributed by atoms with Crippen LogP contribution >= 0.6 is 11.8 Å². The number of nitrogens with zero attached hydrogens (tertiary/aromatic N) is 4. The van der Waals surface area contributed by atoms with Crippen LogP contribution in [0.5, 0.6) is 0 Å². The highest BCUT2D eigenvalue weighted by Gasteiger charge is 2.32. The van der Waals surface area contributed by atoms with Crippen LogP contribution in [0.15, 0.2) is 94.7 Å². The van der Waals surface area contributed by atoms with Crippen LogP contribution in [0.25, 0.3) is 34.4 Å². The first kappa shape index (κ1) is 45.9. The van der Waals surface area contributed by atoms with Gasteiger partial charge in [-0.2, -0.15) is 0 Å². The molecule has 0 bridgehead atoms. The fourth-order valence-electron chi connectivity index (χ4n) is 8.35. The molecule has 0 radical (unpaired) electrons. The van der Waals surface area contributed by atoms with Gasteiger partial charge in [0.05, 0.1) is 42.6 Å². The molecule has 0 saturated carbocycles. The highest BCUT2D eigenvalue weighted by Crippen LogP contribution is 2.50. The third kappa shape index (κ3) is 10.4. The SMILES string of the molecule is CC(C)c1ccccc1-c1c(/C=C/C(=O)N2CCC(C(=O)O)CC2)ccc(Sc2ccc(/C=C/C(=O)N3CCC(C(=O)O)CC3)c(-c3ccccc3C(C)C)c2[N+](=O)[O-])c1[N+](=O)[O-]. The molecule has 2 heterocycles. The molecule has 0 aliphatic carbocycles. The summed E-state index contributed by atoms with van der Waals surface area (Å²) >= 11 is 0.883. The number of carbonyl (C=O) groups excluding carboxylic acids is 2. The second-order valence-electron chi connectivity index (χ2n) is 16.4. The van der Waals surface area contributed by atoms with E-state index in [4.69, 9.17) is 0 Å². The van der Waals surface area contributed by atoms with Crippen molar-refractivity contribution in [2.75, 3.05) is 26.2 Å². The van der Waals surface area contributed by atoms with Gasteiger partial charge in [0.1, 0.15) is 0 Å². The van der Waals surface area contributed by atoms with Gasteiger partial charge in [-0.15, -0.1) is 0 Å². The number of hydrogen-bond acceptors (Lipinski definition) is 9. The van der Waals surface area contributed by atoms with E-state index in [1.807, 2.05) is 52.0 Å². The van der Waals surface area contributed by atoms with Crippen molar-refractivity contribution in [1.29, 1.82) is 0 Å². The minimum absolute atomic E-state index is 0.0557. The van der Waals surface area contributed by atoms with Gasteiger partial charge >= 0.3 is 11.9 Å². The summed E-state index contributed by atoms with van der Waals surface area (Å²) in [7, 11) is 0. The van der Waals surface area contributed by atoms with E-state index in [0.29, 0.717) is 47.9 Å². The van der Waals surface area contributed by atoms with Crippen LogP contribution in [-0.4, -0.2) is 79.8 Å². The lowest BCUT2D eigenvalue weighted by Crippen LogP contribution is -2.39. The molecule has 4 aromatic rings. The average molecular weight is 875 g/mol. The number of benzene rings is 4. The molecular weight excluding hydrogens is 825 g/mol. The Kier molecular flexibility index (Phi) is 14.6. The number of amides is 2. The molecule has 0 atom stereocenters. The Hall–Kier alpha value is -6.61. The number of carboxylic acid groups (broad SMARTS) is 2. The molecule has 2 aliphatic heterocycles. The maximum Gasteiger partial charge on any atom is 0.306 e. The van der Waals surface area contributed by atoms with Crippen molar-refractivity contribution in [3.63, 3.8) is 0 Å². The Morgan fingerprint density at radius 2 is 0.952 bits per heavy atom. The Labute approximate surface area is 369 Å². The van der Waals surface area contributed by atoms with E-state index in [1.54, 1.807) is 46.2 Å². The van der Waals surface area contributed by atoms with E-state index in [1.165, 1.54) is 36.4 Å². The molecule has 2 amide bonds. The van der Waals surface area contributed by atoms with Gasteiger partial charge in [0.25, 0.3) is 11.4 Å². The summed E-state index contributed by atoms with van der Waals surface area (Å²) in [5, 5.41) is 45.6. The maximum atomic E-state index is 13.4. The normalized spacial score (nSPS) is 15.1. The largest absolute Gasteiger partial charge is 0.481 e. The van der Waals surface area contributed by atoms with Gasteiger partial charge in [0, 0.05) is 38.3 Å². The summed E-state index contributed by atoms with van der Waals surface area (Å²) in [5.41, 5.74) is 3.39. The fourth-order valence-corrected chi connectivity index (χ4v) is 9.40. The quantitative estimate of drug-likeness (QED) is 0.0694. The maximum absolute atomic E-state index is 13.4. The number of piperidine rings is 2. The van der Waals surface area contributed by atoms with Crippen LogP contribution in [-0.2, 0) is 19.2 Å². The van der Waals surface area contributed by atoms with Gasteiger partial charge in [0.2, 0.25) is 11.8 Å². The lowest BCUT2D eigenvalue weighted by atomic mass is 9.89. The number of carbonyl (C=O) groups is 4. The first-order valence-electron chi connectivity index (χ1n) is 21.0. The molecule has 0 aromatic heterocycles. The highest BCUT2D eigenvalue weighted by molar-refractivity contribution is 7.99. The molecule has 2 saturated heterocycles. The lowest BCUT2D eigenvalue weighted by Gasteiger charge is -2.29. The van der Waals surface area contributed by atoms with Gasteiger partial charge in [-0.05, 0) is 95.2 Å². The summed E-state index contributed by atoms with van der Waals surface area (Å²) in [6.45, 7) is 8.92.